The quantitative estimate of drug-likeness (QED) is 0.509. The summed E-state index contributed by atoms with van der Waals surface area (Å²) in [6.45, 7) is 2.71. The zero-order chi connectivity index (χ0) is 21.8. The highest BCUT2D eigenvalue weighted by Crippen LogP contribution is 2.43. The van der Waals surface area contributed by atoms with Crippen molar-refractivity contribution in [3.8, 4) is 6.07 Å². The second kappa shape index (κ2) is 9.84. The molecule has 2 aromatic rings. The molecule has 4 rings (SSSR count). The van der Waals surface area contributed by atoms with E-state index in [4.69, 9.17) is 0 Å². The lowest BCUT2D eigenvalue weighted by atomic mass is 9.86. The van der Waals surface area contributed by atoms with Gasteiger partial charge in [0.15, 0.2) is 0 Å². The van der Waals surface area contributed by atoms with Crippen LogP contribution in [-0.4, -0.2) is 29.6 Å². The summed E-state index contributed by atoms with van der Waals surface area (Å²) in [5.41, 5.74) is 4.23. The summed E-state index contributed by atoms with van der Waals surface area (Å²) in [7, 11) is 0. The Balaban J connectivity index is 1.55. The molecule has 1 fully saturated rings. The predicted molar refractivity (Wildman–Crippen MR) is 130 cm³/mol. The van der Waals surface area contributed by atoms with E-state index in [9.17, 15) is 10.1 Å². The number of aryl methyl sites for hydroxylation is 1. The Hall–Kier alpha value is -2.36. The van der Waals surface area contributed by atoms with Gasteiger partial charge in [0.25, 0.3) is 0 Å². The molecule has 1 atom stereocenters. The molecule has 0 radical (unpaired) electrons. The molecule has 2 heterocycles. The van der Waals surface area contributed by atoms with E-state index in [0.29, 0.717) is 13.1 Å². The van der Waals surface area contributed by atoms with Crippen molar-refractivity contribution in [2.75, 3.05) is 23.7 Å². The molecule has 4 nitrogen and oxygen atoms in total. The average Bonchev–Trinajstić information content (AvgIpc) is 2.83. The van der Waals surface area contributed by atoms with Gasteiger partial charge in [-0.2, -0.15) is 5.26 Å². The van der Waals surface area contributed by atoms with Gasteiger partial charge in [0, 0.05) is 22.9 Å². The van der Waals surface area contributed by atoms with Gasteiger partial charge in [0.05, 0.1) is 29.2 Å². The van der Waals surface area contributed by atoms with E-state index in [1.807, 2.05) is 6.26 Å². The predicted octanol–water partition coefficient (Wildman–Crippen LogP) is 5.97. The third-order valence-electron chi connectivity index (χ3n) is 5.93. The van der Waals surface area contributed by atoms with E-state index in [2.05, 4.69) is 66.4 Å². The molecule has 0 aromatic heterocycles. The Kier molecular flexibility index (Phi) is 6.94. The lowest BCUT2D eigenvalue weighted by molar-refractivity contribution is -0.129. The van der Waals surface area contributed by atoms with E-state index < -0.39 is 0 Å². The molecule has 1 saturated heterocycles. The molecule has 0 bridgehead atoms. The summed E-state index contributed by atoms with van der Waals surface area (Å²) in [6, 6.07) is 19.3. The van der Waals surface area contributed by atoms with Crippen molar-refractivity contribution in [2.45, 2.75) is 43.4 Å². The third-order valence-corrected chi connectivity index (χ3v) is 7.83. The number of unbranched alkanes of at least 4 members (excludes halogenated alkanes) is 1. The monoisotopic (exact) mass is 449 g/mol. The highest BCUT2D eigenvalue weighted by atomic mass is 32.2. The van der Waals surface area contributed by atoms with Crippen LogP contribution in [0.2, 0.25) is 0 Å². The van der Waals surface area contributed by atoms with Crippen LogP contribution >= 0.6 is 23.5 Å². The zero-order valence-corrected chi connectivity index (χ0v) is 19.6. The summed E-state index contributed by atoms with van der Waals surface area (Å²) in [6.07, 6.45) is 5.89. The van der Waals surface area contributed by atoms with Crippen LogP contribution in [0, 0.1) is 11.3 Å². The van der Waals surface area contributed by atoms with Crippen LogP contribution < -0.4 is 4.90 Å². The van der Waals surface area contributed by atoms with Gasteiger partial charge in [-0.1, -0.05) is 49.4 Å². The van der Waals surface area contributed by atoms with Crippen LogP contribution in [-0.2, 0) is 11.2 Å². The highest BCUT2D eigenvalue weighted by Gasteiger charge is 2.38. The summed E-state index contributed by atoms with van der Waals surface area (Å²) in [5.74, 6) is 0.665. The molecule has 160 valence electrons. The first-order valence-electron chi connectivity index (χ1n) is 10.7. The molecule has 0 unspecified atom stereocenters. The second-order valence-corrected chi connectivity index (χ2v) is 9.72. The summed E-state index contributed by atoms with van der Waals surface area (Å²) in [5, 5.41) is 10.8. The number of nitriles is 1. The topological polar surface area (TPSA) is 47.3 Å². The molecule has 0 spiro atoms. The van der Waals surface area contributed by atoms with Crippen molar-refractivity contribution in [1.29, 1.82) is 5.26 Å². The number of hydrogen-bond acceptors (Lipinski definition) is 5. The van der Waals surface area contributed by atoms with Crippen LogP contribution in [0.25, 0.3) is 0 Å². The van der Waals surface area contributed by atoms with Crippen LogP contribution in [0.1, 0.15) is 43.2 Å². The van der Waals surface area contributed by atoms with Gasteiger partial charge in [0.2, 0.25) is 5.91 Å². The van der Waals surface area contributed by atoms with Crippen LogP contribution in [0.5, 0.6) is 0 Å². The first-order chi connectivity index (χ1) is 15.1. The Bertz CT molecular complexity index is 1010. The smallest absolute Gasteiger partial charge is 0.229 e. The molecular formula is C25H27N3OS2. The number of carbonyl (C=O) groups is 1. The number of anilines is 1. The van der Waals surface area contributed by atoms with Crippen molar-refractivity contribution in [2.24, 2.45) is 0 Å². The molecule has 31 heavy (non-hydrogen) atoms. The SMILES string of the molecule is CCCCc1ccc(N2CSC3=C(C#N)[C@@H](c4ccc(SC)cc4)CC(=O)N3C2)cc1. The molecular weight excluding hydrogens is 422 g/mol. The van der Waals surface area contributed by atoms with Gasteiger partial charge in [-0.05, 0) is 54.5 Å². The van der Waals surface area contributed by atoms with Gasteiger partial charge in [0.1, 0.15) is 0 Å². The Morgan fingerprint density at radius 1 is 1.16 bits per heavy atom. The Morgan fingerprint density at radius 2 is 1.90 bits per heavy atom. The fraction of sp³-hybridized carbons (Fsp3) is 0.360. The van der Waals surface area contributed by atoms with E-state index in [-0.39, 0.29) is 11.8 Å². The number of thioether (sulfide) groups is 2. The first kappa shape index (κ1) is 21.9. The molecule has 0 N–H and O–H groups in total. The number of allylic oxidation sites excluding steroid dienone is 1. The standard InChI is InChI=1S/C25H27N3OS2/c1-3-4-5-18-6-10-20(11-7-18)27-16-28-24(29)14-22(23(15-26)25(28)31-17-27)19-8-12-21(30-2)13-9-19/h6-13,22H,3-5,14,16-17H2,1-2H3/t22-/m1/s1. The van der Waals surface area contributed by atoms with E-state index in [1.54, 1.807) is 28.4 Å². The Morgan fingerprint density at radius 3 is 2.55 bits per heavy atom. The van der Waals surface area contributed by atoms with Crippen LogP contribution in [0.4, 0.5) is 5.69 Å². The number of benzene rings is 2. The maximum atomic E-state index is 13.1. The number of carbonyl (C=O) groups excluding carboxylic acids is 1. The van der Waals surface area contributed by atoms with Gasteiger partial charge < -0.3 is 4.90 Å². The third kappa shape index (κ3) is 4.63. The minimum atomic E-state index is -0.156. The summed E-state index contributed by atoms with van der Waals surface area (Å²) < 4.78 is 0. The number of rotatable bonds is 6. The van der Waals surface area contributed by atoms with Gasteiger partial charge in [-0.3, -0.25) is 9.69 Å². The normalized spacial score (nSPS) is 18.7. The van der Waals surface area contributed by atoms with Gasteiger partial charge in [-0.25, -0.2) is 0 Å². The maximum Gasteiger partial charge on any atom is 0.229 e. The van der Waals surface area contributed by atoms with Crippen molar-refractivity contribution in [1.82, 2.24) is 4.90 Å². The summed E-state index contributed by atoms with van der Waals surface area (Å²) in [4.78, 5) is 18.3. The van der Waals surface area contributed by atoms with Crippen LogP contribution in [0.3, 0.4) is 0 Å². The molecule has 6 heteroatoms. The average molecular weight is 450 g/mol. The van der Waals surface area contributed by atoms with Gasteiger partial charge in [-0.15, -0.1) is 11.8 Å². The largest absolute Gasteiger partial charge is 0.344 e. The van der Waals surface area contributed by atoms with Crippen molar-refractivity contribution >= 4 is 35.1 Å². The lowest BCUT2D eigenvalue weighted by Crippen LogP contribution is -2.47. The maximum absolute atomic E-state index is 13.1. The number of nitrogens with zero attached hydrogens (tertiary/aromatic N) is 3. The fourth-order valence-electron chi connectivity index (χ4n) is 4.10. The molecule has 2 aliphatic heterocycles. The molecule has 1 amide bonds. The number of fused-ring (bicyclic) bond motifs is 1. The molecule has 0 saturated carbocycles. The van der Waals surface area contributed by atoms with Crippen molar-refractivity contribution in [3.05, 3.63) is 70.3 Å². The van der Waals surface area contributed by atoms with E-state index >= 15 is 0 Å². The zero-order valence-electron chi connectivity index (χ0n) is 18.0. The molecule has 0 aliphatic carbocycles. The van der Waals surface area contributed by atoms with Gasteiger partial charge >= 0.3 is 0 Å². The minimum Gasteiger partial charge on any atom is -0.344 e. The summed E-state index contributed by atoms with van der Waals surface area (Å²) >= 11 is 3.28. The van der Waals surface area contributed by atoms with E-state index in [1.165, 1.54) is 23.3 Å². The molecule has 2 aromatic carbocycles. The highest BCUT2D eigenvalue weighted by molar-refractivity contribution is 8.03. The first-order valence-corrected chi connectivity index (χ1v) is 12.9. The van der Waals surface area contributed by atoms with Crippen LogP contribution in [0.15, 0.2) is 64.0 Å². The number of hydrogen-bond donors (Lipinski definition) is 0. The van der Waals surface area contributed by atoms with E-state index in [0.717, 1.165) is 34.2 Å². The fourth-order valence-corrected chi connectivity index (χ4v) is 5.68. The Labute approximate surface area is 193 Å². The van der Waals surface area contributed by atoms with Crippen molar-refractivity contribution < 1.29 is 4.79 Å². The minimum absolute atomic E-state index is 0.0877. The second-order valence-electron chi connectivity index (χ2n) is 7.91. The lowest BCUT2D eigenvalue weighted by Gasteiger charge is -2.42. The molecule has 2 aliphatic rings. The van der Waals surface area contributed by atoms with Crippen molar-refractivity contribution in [3.63, 3.8) is 0 Å². The number of amides is 1.